The Morgan fingerprint density at radius 3 is 2.33 bits per heavy atom. The molecule has 1 aromatic carbocycles. The molecule has 1 atom stereocenters. The Hall–Kier alpha value is -1.53. The molecule has 1 heterocycles. The highest BCUT2D eigenvalue weighted by molar-refractivity contribution is 7.99. The molecule has 1 aromatic rings. The topological polar surface area (TPSA) is 61.4 Å². The van der Waals surface area contributed by atoms with Crippen molar-refractivity contribution in [2.24, 2.45) is 0 Å². The largest absolute Gasteiger partial charge is 0.346 e. The summed E-state index contributed by atoms with van der Waals surface area (Å²) in [6.07, 6.45) is 0. The summed E-state index contributed by atoms with van der Waals surface area (Å²) in [5, 5.41) is 5.66. The van der Waals surface area contributed by atoms with Crippen LogP contribution in [0.5, 0.6) is 0 Å². The van der Waals surface area contributed by atoms with Gasteiger partial charge in [0, 0.05) is 30.3 Å². The van der Waals surface area contributed by atoms with Crippen molar-refractivity contribution in [3.63, 3.8) is 0 Å². The van der Waals surface area contributed by atoms with Crippen molar-refractivity contribution in [1.82, 2.24) is 10.2 Å². The molecule has 1 saturated heterocycles. The molecule has 0 bridgehead atoms. The van der Waals surface area contributed by atoms with Crippen LogP contribution in [0.1, 0.15) is 23.6 Å². The Morgan fingerprint density at radius 2 is 1.75 bits per heavy atom. The zero-order valence-electron chi connectivity index (χ0n) is 14.9. The molecule has 132 valence electrons. The lowest BCUT2D eigenvalue weighted by Crippen LogP contribution is -2.49. The lowest BCUT2D eigenvalue weighted by Gasteiger charge is -2.31. The minimum absolute atomic E-state index is 0.00147. The summed E-state index contributed by atoms with van der Waals surface area (Å²) >= 11 is 1.91. The molecule has 0 aliphatic carbocycles. The Morgan fingerprint density at radius 1 is 1.17 bits per heavy atom. The number of aryl methyl sites for hydroxylation is 3. The van der Waals surface area contributed by atoms with Crippen molar-refractivity contribution in [3.05, 3.63) is 28.8 Å². The first-order valence-electron chi connectivity index (χ1n) is 8.35. The number of hydrogen-bond donors (Lipinski definition) is 2. The third-order valence-electron chi connectivity index (χ3n) is 4.34. The van der Waals surface area contributed by atoms with Crippen LogP contribution in [0, 0.1) is 20.8 Å². The molecule has 0 saturated carbocycles. The highest BCUT2D eigenvalue weighted by Gasteiger charge is 2.23. The van der Waals surface area contributed by atoms with Crippen LogP contribution in [-0.4, -0.2) is 53.9 Å². The number of carbonyl (C=O) groups is 2. The van der Waals surface area contributed by atoms with Gasteiger partial charge in [0.1, 0.15) is 0 Å². The molecule has 5 nitrogen and oxygen atoms in total. The maximum Gasteiger partial charge on any atom is 0.243 e. The van der Waals surface area contributed by atoms with E-state index < -0.39 is 0 Å². The van der Waals surface area contributed by atoms with E-state index in [4.69, 9.17) is 0 Å². The zero-order valence-corrected chi connectivity index (χ0v) is 15.8. The summed E-state index contributed by atoms with van der Waals surface area (Å²) in [5.41, 5.74) is 4.07. The number of hydrogen-bond acceptors (Lipinski definition) is 4. The monoisotopic (exact) mass is 349 g/mol. The van der Waals surface area contributed by atoms with Crippen LogP contribution in [-0.2, 0) is 9.59 Å². The molecular weight excluding hydrogens is 322 g/mol. The predicted molar refractivity (Wildman–Crippen MR) is 101 cm³/mol. The first kappa shape index (κ1) is 18.8. The normalized spacial score (nSPS) is 16.5. The van der Waals surface area contributed by atoms with Crippen molar-refractivity contribution in [3.8, 4) is 0 Å². The van der Waals surface area contributed by atoms with Crippen LogP contribution in [0.25, 0.3) is 0 Å². The molecule has 24 heavy (non-hydrogen) atoms. The smallest absolute Gasteiger partial charge is 0.243 e. The molecule has 2 N–H and O–H groups in total. The highest BCUT2D eigenvalue weighted by atomic mass is 32.2. The van der Waals surface area contributed by atoms with Crippen LogP contribution in [0.15, 0.2) is 12.1 Å². The predicted octanol–water partition coefficient (Wildman–Crippen LogP) is 2.10. The zero-order chi connectivity index (χ0) is 17.7. The van der Waals surface area contributed by atoms with Gasteiger partial charge in [-0.3, -0.25) is 14.5 Å². The maximum atomic E-state index is 12.2. The molecular formula is C18H27N3O2S. The minimum Gasteiger partial charge on any atom is -0.346 e. The Kier molecular flexibility index (Phi) is 6.69. The van der Waals surface area contributed by atoms with Crippen LogP contribution < -0.4 is 10.6 Å². The number of benzene rings is 1. The number of nitrogens with zero attached hydrogens (tertiary/aromatic N) is 1. The van der Waals surface area contributed by atoms with Crippen LogP contribution in [0.4, 0.5) is 5.69 Å². The average molecular weight is 350 g/mol. The molecule has 0 spiro atoms. The van der Waals surface area contributed by atoms with Gasteiger partial charge in [0.2, 0.25) is 11.8 Å². The number of rotatable bonds is 5. The number of thioether (sulfide) groups is 1. The fourth-order valence-corrected chi connectivity index (χ4v) is 3.94. The fraction of sp³-hybridized carbons (Fsp3) is 0.556. The van der Waals surface area contributed by atoms with Crippen molar-refractivity contribution >= 4 is 29.3 Å². The number of carbonyl (C=O) groups excluding carboxylic acids is 2. The van der Waals surface area contributed by atoms with Gasteiger partial charge in [-0.05, 0) is 38.8 Å². The van der Waals surface area contributed by atoms with Crippen molar-refractivity contribution < 1.29 is 9.59 Å². The summed E-state index contributed by atoms with van der Waals surface area (Å²) in [6, 6.07) is 3.89. The molecule has 1 aliphatic heterocycles. The lowest BCUT2D eigenvalue weighted by molar-refractivity contribution is -0.127. The SMILES string of the molecule is Cc1cc(C)c(NC(=O)CNC(=O)[C@@H](C)N2CCSCC2)c(C)c1. The van der Waals surface area contributed by atoms with Gasteiger partial charge in [0.05, 0.1) is 12.6 Å². The van der Waals surface area contributed by atoms with Crippen molar-refractivity contribution in [2.75, 3.05) is 36.5 Å². The molecule has 1 fully saturated rings. The Balaban J connectivity index is 1.85. The Labute approximate surface area is 148 Å². The molecule has 6 heteroatoms. The van der Waals surface area contributed by atoms with E-state index in [-0.39, 0.29) is 24.4 Å². The van der Waals surface area contributed by atoms with Gasteiger partial charge in [-0.15, -0.1) is 0 Å². The van der Waals surface area contributed by atoms with Crippen LogP contribution in [0.2, 0.25) is 0 Å². The summed E-state index contributed by atoms with van der Waals surface area (Å²) in [6.45, 7) is 9.73. The van der Waals surface area contributed by atoms with Gasteiger partial charge >= 0.3 is 0 Å². The fourth-order valence-electron chi connectivity index (χ4n) is 3.01. The third kappa shape index (κ3) is 4.98. The van der Waals surface area contributed by atoms with Crippen molar-refractivity contribution in [1.29, 1.82) is 0 Å². The average Bonchev–Trinajstić information content (AvgIpc) is 2.56. The van der Waals surface area contributed by atoms with Gasteiger partial charge in [0.25, 0.3) is 0 Å². The highest BCUT2D eigenvalue weighted by Crippen LogP contribution is 2.21. The van der Waals surface area contributed by atoms with Crippen molar-refractivity contribution in [2.45, 2.75) is 33.7 Å². The van der Waals surface area contributed by atoms with Crippen LogP contribution in [0.3, 0.4) is 0 Å². The lowest BCUT2D eigenvalue weighted by atomic mass is 10.1. The van der Waals surface area contributed by atoms with E-state index in [1.807, 2.05) is 51.6 Å². The second kappa shape index (κ2) is 8.53. The van der Waals surface area contributed by atoms with E-state index in [0.717, 1.165) is 41.4 Å². The van der Waals surface area contributed by atoms with E-state index in [1.54, 1.807) is 0 Å². The molecule has 2 amide bonds. The first-order valence-corrected chi connectivity index (χ1v) is 9.51. The molecule has 0 radical (unpaired) electrons. The van der Waals surface area contributed by atoms with Gasteiger partial charge in [-0.25, -0.2) is 0 Å². The second-order valence-electron chi connectivity index (χ2n) is 6.36. The third-order valence-corrected chi connectivity index (χ3v) is 5.28. The van der Waals surface area contributed by atoms with E-state index in [9.17, 15) is 9.59 Å². The van der Waals surface area contributed by atoms with E-state index in [0.29, 0.717) is 0 Å². The summed E-state index contributed by atoms with van der Waals surface area (Å²) in [4.78, 5) is 26.6. The van der Waals surface area contributed by atoms with E-state index in [1.165, 1.54) is 5.56 Å². The molecule has 2 rings (SSSR count). The second-order valence-corrected chi connectivity index (χ2v) is 7.59. The van der Waals surface area contributed by atoms with E-state index in [2.05, 4.69) is 15.5 Å². The first-order chi connectivity index (χ1) is 11.4. The minimum atomic E-state index is -0.195. The quantitative estimate of drug-likeness (QED) is 0.855. The summed E-state index contributed by atoms with van der Waals surface area (Å²) in [7, 11) is 0. The molecule has 0 unspecified atom stereocenters. The molecule has 0 aromatic heterocycles. The summed E-state index contributed by atoms with van der Waals surface area (Å²) in [5.74, 6) is 1.84. The number of amides is 2. The van der Waals surface area contributed by atoms with E-state index >= 15 is 0 Å². The number of anilines is 1. The van der Waals surface area contributed by atoms with Gasteiger partial charge in [-0.1, -0.05) is 17.7 Å². The van der Waals surface area contributed by atoms with Gasteiger partial charge < -0.3 is 10.6 Å². The molecule has 1 aliphatic rings. The number of nitrogens with one attached hydrogen (secondary N) is 2. The van der Waals surface area contributed by atoms with Crippen LogP contribution >= 0.6 is 11.8 Å². The summed E-state index contributed by atoms with van der Waals surface area (Å²) < 4.78 is 0. The Bertz CT molecular complexity index is 589. The standard InChI is InChI=1S/C18H27N3O2S/c1-12-9-13(2)17(14(3)10-12)20-16(22)11-19-18(23)15(4)21-5-7-24-8-6-21/h9-10,15H,5-8,11H2,1-4H3,(H,19,23)(H,20,22)/t15-/m1/s1. The maximum absolute atomic E-state index is 12.2. The van der Waals surface area contributed by atoms with Gasteiger partial charge in [-0.2, -0.15) is 11.8 Å². The van der Waals surface area contributed by atoms with Gasteiger partial charge in [0.15, 0.2) is 0 Å².